The molecular formula is C23H22N2O6S. The maximum Gasteiger partial charge on any atom is 0.338 e. The molecule has 0 radical (unpaired) electrons. The van der Waals surface area contributed by atoms with Crippen molar-refractivity contribution < 1.29 is 28.5 Å². The van der Waals surface area contributed by atoms with Crippen LogP contribution in [0.15, 0.2) is 59.4 Å². The minimum Gasteiger partial charge on any atom is -0.487 e. The molecule has 0 saturated heterocycles. The van der Waals surface area contributed by atoms with Gasteiger partial charge in [-0.05, 0) is 36.4 Å². The van der Waals surface area contributed by atoms with Crippen molar-refractivity contribution in [1.82, 2.24) is 9.88 Å². The Balaban J connectivity index is 1.21. The first-order valence-corrected chi connectivity index (χ1v) is 10.9. The summed E-state index contributed by atoms with van der Waals surface area (Å²) in [6.07, 6.45) is -0.300. The Hall–Kier alpha value is -3.59. The van der Waals surface area contributed by atoms with Crippen LogP contribution in [0, 0.1) is 0 Å². The number of benzene rings is 2. The molecule has 1 aliphatic heterocycles. The number of hydrogen-bond acceptors (Lipinski definition) is 8. The summed E-state index contributed by atoms with van der Waals surface area (Å²) >= 11 is 1.50. The highest BCUT2D eigenvalue weighted by Gasteiger charge is 2.24. The Morgan fingerprint density at radius 1 is 1.16 bits per heavy atom. The Morgan fingerprint density at radius 3 is 2.69 bits per heavy atom. The summed E-state index contributed by atoms with van der Waals surface area (Å²) in [5.41, 5.74) is 2.92. The van der Waals surface area contributed by atoms with Gasteiger partial charge in [-0.15, -0.1) is 11.3 Å². The summed E-state index contributed by atoms with van der Waals surface area (Å²) in [6, 6.07) is 13.9. The summed E-state index contributed by atoms with van der Waals surface area (Å²) in [5.74, 6) is 1.04. The van der Waals surface area contributed by atoms with Crippen LogP contribution in [-0.2, 0) is 16.1 Å². The van der Waals surface area contributed by atoms with Crippen molar-refractivity contribution in [2.24, 2.45) is 0 Å². The largest absolute Gasteiger partial charge is 0.487 e. The van der Waals surface area contributed by atoms with E-state index in [1.165, 1.54) is 16.2 Å². The number of nitrogens with zero attached hydrogens (tertiary/aromatic N) is 2. The molecule has 2 aromatic carbocycles. The topological polar surface area (TPSA) is 87.2 Å². The van der Waals surface area contributed by atoms with Crippen LogP contribution in [0.2, 0.25) is 0 Å². The van der Waals surface area contributed by atoms with E-state index in [1.54, 1.807) is 36.8 Å². The number of esters is 1. The Bertz CT molecular complexity index is 1050. The zero-order valence-electron chi connectivity index (χ0n) is 17.4. The quantitative estimate of drug-likeness (QED) is 0.483. The molecule has 1 atom stereocenters. The highest BCUT2D eigenvalue weighted by atomic mass is 32.1. The van der Waals surface area contributed by atoms with Crippen LogP contribution < -0.4 is 14.2 Å². The molecule has 0 spiro atoms. The van der Waals surface area contributed by atoms with E-state index < -0.39 is 5.97 Å². The smallest absolute Gasteiger partial charge is 0.338 e. The van der Waals surface area contributed by atoms with E-state index in [-0.39, 0.29) is 18.6 Å². The molecule has 1 aromatic heterocycles. The first-order chi connectivity index (χ1) is 15.6. The second kappa shape index (κ2) is 10.1. The second-order valence-corrected chi connectivity index (χ2v) is 7.86. The zero-order valence-corrected chi connectivity index (χ0v) is 18.2. The maximum atomic E-state index is 12.4. The van der Waals surface area contributed by atoms with Crippen molar-refractivity contribution in [3.8, 4) is 17.2 Å². The van der Waals surface area contributed by atoms with E-state index in [0.29, 0.717) is 42.6 Å². The van der Waals surface area contributed by atoms with Gasteiger partial charge in [0.2, 0.25) is 0 Å². The monoisotopic (exact) mass is 454 g/mol. The lowest BCUT2D eigenvalue weighted by Gasteiger charge is -2.29. The van der Waals surface area contributed by atoms with Gasteiger partial charge in [0.05, 0.1) is 23.3 Å². The highest BCUT2D eigenvalue weighted by molar-refractivity contribution is 7.07. The van der Waals surface area contributed by atoms with E-state index >= 15 is 0 Å². The molecule has 0 N–H and O–H groups in total. The van der Waals surface area contributed by atoms with Crippen LogP contribution in [0.4, 0.5) is 0 Å². The van der Waals surface area contributed by atoms with Crippen molar-refractivity contribution in [2.75, 3.05) is 26.8 Å². The molecule has 9 heteroatoms. The van der Waals surface area contributed by atoms with Gasteiger partial charge in [0.25, 0.3) is 5.91 Å². The lowest BCUT2D eigenvalue weighted by Crippen LogP contribution is -2.43. The fraction of sp³-hybridized carbons (Fsp3) is 0.261. The van der Waals surface area contributed by atoms with Crippen LogP contribution in [0.3, 0.4) is 0 Å². The normalized spacial score (nSPS) is 14.5. The predicted octanol–water partition coefficient (Wildman–Crippen LogP) is 3.18. The van der Waals surface area contributed by atoms with Crippen molar-refractivity contribution in [1.29, 1.82) is 0 Å². The lowest BCUT2D eigenvalue weighted by atomic mass is 10.2. The van der Waals surface area contributed by atoms with Gasteiger partial charge in [-0.25, -0.2) is 9.78 Å². The number of amides is 1. The number of likely N-dealkylation sites (N-methyl/N-ethyl adjacent to an activating group) is 1. The van der Waals surface area contributed by atoms with Crippen LogP contribution in [0.25, 0.3) is 0 Å². The van der Waals surface area contributed by atoms with Crippen molar-refractivity contribution in [2.45, 2.75) is 12.7 Å². The molecule has 32 heavy (non-hydrogen) atoms. The Labute approximate surface area is 189 Å². The van der Waals surface area contributed by atoms with Crippen molar-refractivity contribution in [3.05, 3.63) is 70.7 Å². The number of rotatable bonds is 8. The molecule has 2 heterocycles. The second-order valence-electron chi connectivity index (χ2n) is 7.14. The zero-order chi connectivity index (χ0) is 22.3. The summed E-state index contributed by atoms with van der Waals surface area (Å²) in [7, 11) is 1.63. The summed E-state index contributed by atoms with van der Waals surface area (Å²) < 4.78 is 22.3. The number of carbonyl (C=O) groups is 2. The molecule has 3 aromatic rings. The van der Waals surface area contributed by atoms with Gasteiger partial charge < -0.3 is 23.8 Å². The molecule has 166 valence electrons. The predicted molar refractivity (Wildman–Crippen MR) is 117 cm³/mol. The van der Waals surface area contributed by atoms with Gasteiger partial charge in [0.15, 0.2) is 24.2 Å². The molecule has 0 fully saturated rings. The van der Waals surface area contributed by atoms with E-state index in [9.17, 15) is 9.59 Å². The minimum absolute atomic E-state index is 0.300. The third kappa shape index (κ3) is 5.55. The molecular weight excluding hydrogens is 432 g/mol. The van der Waals surface area contributed by atoms with Crippen LogP contribution in [0.1, 0.15) is 16.1 Å². The number of hydrogen-bond donors (Lipinski definition) is 0. The number of para-hydroxylation sites is 2. The van der Waals surface area contributed by atoms with Gasteiger partial charge in [-0.2, -0.15) is 0 Å². The summed E-state index contributed by atoms with van der Waals surface area (Å²) in [6.45, 7) is 0.651. The van der Waals surface area contributed by atoms with Crippen LogP contribution in [-0.4, -0.2) is 54.7 Å². The molecule has 0 bridgehead atoms. The maximum absolute atomic E-state index is 12.4. The average molecular weight is 455 g/mol. The van der Waals surface area contributed by atoms with Crippen LogP contribution >= 0.6 is 11.3 Å². The lowest BCUT2D eigenvalue weighted by molar-refractivity contribution is -0.134. The van der Waals surface area contributed by atoms with Crippen molar-refractivity contribution >= 4 is 23.2 Å². The molecule has 1 aliphatic rings. The summed E-state index contributed by atoms with van der Waals surface area (Å²) in [5, 5.41) is 1.91. The van der Waals surface area contributed by atoms with E-state index in [1.807, 2.05) is 29.6 Å². The van der Waals surface area contributed by atoms with E-state index in [0.717, 1.165) is 5.69 Å². The highest BCUT2D eigenvalue weighted by Crippen LogP contribution is 2.30. The number of thiazole rings is 1. The first kappa shape index (κ1) is 21.6. The molecule has 1 unspecified atom stereocenters. The van der Waals surface area contributed by atoms with Gasteiger partial charge in [-0.1, -0.05) is 12.1 Å². The van der Waals surface area contributed by atoms with Gasteiger partial charge >= 0.3 is 5.97 Å². The van der Waals surface area contributed by atoms with Gasteiger partial charge in [0, 0.05) is 12.4 Å². The molecule has 0 aliphatic carbocycles. The number of ether oxygens (including phenoxy) is 4. The fourth-order valence-electron chi connectivity index (χ4n) is 3.03. The minimum atomic E-state index is -0.580. The third-order valence-corrected chi connectivity index (χ3v) is 5.39. The SMILES string of the molecule is CN(CC1COc2ccccc2O1)C(=O)COC(=O)c1ccc(OCc2cscn2)cc1. The molecule has 1 amide bonds. The van der Waals surface area contributed by atoms with Crippen LogP contribution in [0.5, 0.6) is 17.2 Å². The first-order valence-electron chi connectivity index (χ1n) is 9.98. The Kier molecular flexibility index (Phi) is 6.86. The van der Waals surface area contributed by atoms with Gasteiger partial charge in [-0.3, -0.25) is 4.79 Å². The van der Waals surface area contributed by atoms with Crippen molar-refractivity contribution in [3.63, 3.8) is 0 Å². The molecule has 4 rings (SSSR count). The van der Waals surface area contributed by atoms with E-state index in [4.69, 9.17) is 18.9 Å². The number of fused-ring (bicyclic) bond motifs is 1. The number of carbonyl (C=O) groups excluding carboxylic acids is 2. The van der Waals surface area contributed by atoms with E-state index in [2.05, 4.69) is 4.98 Å². The third-order valence-electron chi connectivity index (χ3n) is 4.76. The molecule has 0 saturated carbocycles. The molecule has 8 nitrogen and oxygen atoms in total. The fourth-order valence-corrected chi connectivity index (χ4v) is 3.58. The summed E-state index contributed by atoms with van der Waals surface area (Å²) in [4.78, 5) is 30.3. The standard InChI is InChI=1S/C23H22N2O6S/c1-25(10-19-12-29-20-4-2-3-5-21(20)31-19)22(26)13-30-23(27)16-6-8-18(9-7-16)28-11-17-14-32-15-24-17/h2-9,14-15,19H,10-13H2,1H3. The Morgan fingerprint density at radius 2 is 1.94 bits per heavy atom. The number of aromatic nitrogens is 1. The average Bonchev–Trinajstić information content (AvgIpc) is 3.35. The van der Waals surface area contributed by atoms with Gasteiger partial charge in [0.1, 0.15) is 19.0 Å².